The number of hydrogen-bond acceptors (Lipinski definition) is 5. The Balaban J connectivity index is 1.54. The van der Waals surface area contributed by atoms with Gasteiger partial charge in [-0.05, 0) is 47.3 Å². The minimum atomic E-state index is -0.0534. The van der Waals surface area contributed by atoms with Crippen molar-refractivity contribution in [3.63, 3.8) is 0 Å². The molecular weight excluding hydrogens is 394 g/mol. The van der Waals surface area contributed by atoms with Crippen molar-refractivity contribution in [3.8, 4) is 5.75 Å². The normalized spacial score (nSPS) is 17.4. The van der Waals surface area contributed by atoms with Gasteiger partial charge in [-0.15, -0.1) is 0 Å². The van der Waals surface area contributed by atoms with Crippen LogP contribution in [0.4, 0.5) is 11.4 Å². The molecule has 2 N–H and O–H groups in total. The van der Waals surface area contributed by atoms with Crippen molar-refractivity contribution in [1.29, 1.82) is 0 Å². The Kier molecular flexibility index (Phi) is 4.69. The molecule has 1 saturated heterocycles. The van der Waals surface area contributed by atoms with Crippen molar-refractivity contribution in [1.82, 2.24) is 5.43 Å². The lowest BCUT2D eigenvalue weighted by Crippen LogP contribution is -2.34. The summed E-state index contributed by atoms with van der Waals surface area (Å²) >= 11 is 1.22. The zero-order chi connectivity index (χ0) is 20.5. The Morgan fingerprint density at radius 3 is 2.50 bits per heavy atom. The quantitative estimate of drug-likeness (QED) is 0.487. The highest BCUT2D eigenvalue weighted by Gasteiger charge is 2.30. The fourth-order valence-electron chi connectivity index (χ4n) is 3.68. The number of anilines is 1. The molecule has 0 bridgehead atoms. The second-order valence-electron chi connectivity index (χ2n) is 7.14. The average molecular weight is 414 g/mol. The van der Waals surface area contributed by atoms with Crippen molar-refractivity contribution in [3.05, 3.63) is 100 Å². The largest absolute Gasteiger partial charge is 0.508 e. The molecule has 1 atom stereocenters. The maximum absolute atomic E-state index is 12.6. The molecule has 2 heterocycles. The van der Waals surface area contributed by atoms with Crippen LogP contribution in [0.15, 0.2) is 94.7 Å². The maximum Gasteiger partial charge on any atom is 0.258 e. The van der Waals surface area contributed by atoms with Crippen LogP contribution >= 0.6 is 11.3 Å². The Morgan fingerprint density at radius 2 is 1.70 bits per heavy atom. The lowest BCUT2D eigenvalue weighted by atomic mass is 10.0. The first-order chi connectivity index (χ1) is 14.7. The summed E-state index contributed by atoms with van der Waals surface area (Å²) in [6, 6.07) is 26.9. The molecule has 0 saturated carbocycles. The lowest BCUT2D eigenvalue weighted by Gasteiger charge is -2.26. The van der Waals surface area contributed by atoms with Crippen molar-refractivity contribution in [2.75, 3.05) is 5.01 Å². The van der Waals surface area contributed by atoms with Crippen molar-refractivity contribution < 1.29 is 5.11 Å². The van der Waals surface area contributed by atoms with Crippen LogP contribution in [0.25, 0.3) is 10.1 Å². The van der Waals surface area contributed by atoms with Gasteiger partial charge in [-0.3, -0.25) is 15.2 Å². The smallest absolute Gasteiger partial charge is 0.258 e. The first kappa shape index (κ1) is 18.4. The summed E-state index contributed by atoms with van der Waals surface area (Å²) in [5.74, 6) is 0.968. The Labute approximate surface area is 177 Å². The molecule has 1 aliphatic heterocycles. The van der Waals surface area contributed by atoms with Gasteiger partial charge in [0.2, 0.25) is 0 Å². The molecule has 5 rings (SSSR count). The van der Waals surface area contributed by atoms with E-state index < -0.39 is 0 Å². The Bertz CT molecular complexity index is 1280. The topological polar surface area (TPSA) is 64.9 Å². The number of aliphatic imine (C=N–C) groups is 1. The number of rotatable bonds is 3. The third kappa shape index (κ3) is 3.53. The van der Waals surface area contributed by atoms with Crippen LogP contribution < -0.4 is 15.2 Å². The standard InChI is InChI=1S/C24H19N3O2S/c28-19-12-10-16(11-13-19)21-15-23(26-27(21)18-7-2-1-3-8-18)25-20-14-17-6-4-5-9-22(17)30-24(20)29/h1-14,21,28H,15H2,(H,25,26). The number of para-hydroxylation sites is 1. The van der Waals surface area contributed by atoms with Gasteiger partial charge in [-0.25, -0.2) is 4.99 Å². The van der Waals surface area contributed by atoms with Crippen LogP contribution in [0.2, 0.25) is 0 Å². The Hall–Kier alpha value is -3.64. The predicted octanol–water partition coefficient (Wildman–Crippen LogP) is 5.15. The van der Waals surface area contributed by atoms with Crippen LogP contribution in [0.3, 0.4) is 0 Å². The fourth-order valence-corrected chi connectivity index (χ4v) is 4.48. The van der Waals surface area contributed by atoms with Gasteiger partial charge in [0.15, 0.2) is 0 Å². The predicted molar refractivity (Wildman–Crippen MR) is 123 cm³/mol. The molecule has 0 amide bonds. The van der Waals surface area contributed by atoms with Gasteiger partial charge in [0.05, 0.1) is 11.7 Å². The molecule has 1 fully saturated rings. The van der Waals surface area contributed by atoms with E-state index in [1.807, 2.05) is 72.8 Å². The molecule has 1 aromatic heterocycles. The number of hydrazine groups is 1. The second kappa shape index (κ2) is 7.65. The first-order valence-corrected chi connectivity index (χ1v) is 10.5. The molecule has 1 aliphatic rings. The van der Waals surface area contributed by atoms with Crippen molar-refractivity contribution >= 4 is 38.6 Å². The summed E-state index contributed by atoms with van der Waals surface area (Å²) in [6.45, 7) is 0. The van der Waals surface area contributed by atoms with Crippen LogP contribution in [-0.2, 0) is 0 Å². The third-order valence-electron chi connectivity index (χ3n) is 5.14. The van der Waals surface area contributed by atoms with E-state index >= 15 is 0 Å². The summed E-state index contributed by atoms with van der Waals surface area (Å²) in [7, 11) is 0. The molecule has 148 valence electrons. The number of aromatic hydroxyl groups is 1. The van der Waals surface area contributed by atoms with E-state index in [-0.39, 0.29) is 16.5 Å². The van der Waals surface area contributed by atoms with E-state index in [0.29, 0.717) is 12.1 Å². The highest BCUT2D eigenvalue weighted by molar-refractivity contribution is 7.16. The summed E-state index contributed by atoms with van der Waals surface area (Å²) in [5.41, 5.74) is 5.88. The van der Waals surface area contributed by atoms with Gasteiger partial charge in [0.1, 0.15) is 17.3 Å². The van der Waals surface area contributed by atoms with E-state index in [4.69, 9.17) is 0 Å². The van der Waals surface area contributed by atoms with E-state index in [9.17, 15) is 9.90 Å². The van der Waals surface area contributed by atoms with Gasteiger partial charge in [-0.2, -0.15) is 0 Å². The average Bonchev–Trinajstić information content (AvgIpc) is 3.19. The van der Waals surface area contributed by atoms with E-state index in [0.717, 1.165) is 27.2 Å². The number of amidine groups is 1. The third-order valence-corrected chi connectivity index (χ3v) is 6.12. The molecule has 3 aromatic carbocycles. The first-order valence-electron chi connectivity index (χ1n) is 9.68. The van der Waals surface area contributed by atoms with Gasteiger partial charge in [0.25, 0.3) is 4.74 Å². The molecular formula is C24H19N3O2S. The molecule has 4 aromatic rings. The number of hydrogen-bond donors (Lipinski definition) is 2. The second-order valence-corrected chi connectivity index (χ2v) is 8.16. The van der Waals surface area contributed by atoms with Crippen LogP contribution in [0.1, 0.15) is 18.0 Å². The number of nitrogens with zero attached hydrogens (tertiary/aromatic N) is 2. The van der Waals surface area contributed by atoms with Gasteiger partial charge in [-0.1, -0.05) is 59.9 Å². The maximum atomic E-state index is 12.6. The monoisotopic (exact) mass is 413 g/mol. The summed E-state index contributed by atoms with van der Waals surface area (Å²) in [4.78, 5) is 17.3. The number of benzene rings is 3. The van der Waals surface area contributed by atoms with Crippen molar-refractivity contribution in [2.24, 2.45) is 4.99 Å². The van der Waals surface area contributed by atoms with E-state index in [1.165, 1.54) is 11.3 Å². The number of phenolic OH excluding ortho intramolecular Hbond substituents is 1. The van der Waals surface area contributed by atoms with Crippen LogP contribution in [-0.4, -0.2) is 10.9 Å². The fraction of sp³-hybridized carbons (Fsp3) is 0.0833. The molecule has 5 nitrogen and oxygen atoms in total. The zero-order valence-corrected chi connectivity index (χ0v) is 16.8. The van der Waals surface area contributed by atoms with Gasteiger partial charge >= 0.3 is 0 Å². The number of fused-ring (bicyclic) bond motifs is 1. The van der Waals surface area contributed by atoms with E-state index in [1.54, 1.807) is 12.1 Å². The highest BCUT2D eigenvalue weighted by atomic mass is 32.1. The Morgan fingerprint density at radius 1 is 0.967 bits per heavy atom. The summed E-state index contributed by atoms with van der Waals surface area (Å²) in [6.07, 6.45) is 0.622. The van der Waals surface area contributed by atoms with E-state index in [2.05, 4.69) is 15.4 Å². The number of nitrogens with one attached hydrogen (secondary N) is 1. The molecule has 0 spiro atoms. The minimum absolute atomic E-state index is 0.00835. The van der Waals surface area contributed by atoms with Crippen LogP contribution in [0.5, 0.6) is 5.75 Å². The minimum Gasteiger partial charge on any atom is -0.508 e. The molecule has 0 radical (unpaired) electrons. The summed E-state index contributed by atoms with van der Waals surface area (Å²) < 4.78 is 0.904. The van der Waals surface area contributed by atoms with Crippen LogP contribution in [0, 0.1) is 0 Å². The SMILES string of the molecule is O=c1sc2ccccc2cc1N=C1CC(c2ccc(O)cc2)N(c2ccccc2)N1. The molecule has 0 aliphatic carbocycles. The highest BCUT2D eigenvalue weighted by Crippen LogP contribution is 2.34. The lowest BCUT2D eigenvalue weighted by molar-refractivity contribution is 0.475. The summed E-state index contributed by atoms with van der Waals surface area (Å²) in [5, 5.41) is 12.7. The molecule has 1 unspecified atom stereocenters. The van der Waals surface area contributed by atoms with Crippen molar-refractivity contribution in [2.45, 2.75) is 12.5 Å². The number of phenols is 1. The zero-order valence-electron chi connectivity index (χ0n) is 16.0. The molecule has 6 heteroatoms. The van der Waals surface area contributed by atoms with Gasteiger partial charge < -0.3 is 5.11 Å². The molecule has 30 heavy (non-hydrogen) atoms. The van der Waals surface area contributed by atoms with Gasteiger partial charge in [0, 0.05) is 11.1 Å².